The zero-order chi connectivity index (χ0) is 20.6. The average molecular weight is 398 g/mol. The number of carbonyl (C=O) groups excluding carboxylic acids is 1. The molecule has 1 aliphatic heterocycles. The highest BCUT2D eigenvalue weighted by Gasteiger charge is 2.18. The van der Waals surface area contributed by atoms with Crippen molar-refractivity contribution in [3.63, 3.8) is 0 Å². The lowest BCUT2D eigenvalue weighted by Gasteiger charge is -2.26. The number of piperidine rings is 1. The molecule has 2 aromatic rings. The summed E-state index contributed by atoms with van der Waals surface area (Å²) in [6, 6.07) is 11.9. The van der Waals surface area contributed by atoms with E-state index < -0.39 is 0 Å². The zero-order valence-electron chi connectivity index (χ0n) is 16.9. The van der Waals surface area contributed by atoms with Crippen molar-refractivity contribution < 1.29 is 18.7 Å². The molecule has 2 aromatic carbocycles. The molecule has 0 radical (unpaired) electrons. The van der Waals surface area contributed by atoms with E-state index in [4.69, 9.17) is 14.5 Å². The molecule has 1 atom stereocenters. The number of ketones is 1. The van der Waals surface area contributed by atoms with E-state index in [1.807, 2.05) is 18.2 Å². The lowest BCUT2D eigenvalue weighted by molar-refractivity contribution is 0.0975. The second kappa shape index (κ2) is 10.0. The van der Waals surface area contributed by atoms with Crippen LogP contribution < -0.4 is 14.8 Å². The number of methoxy groups -OCH3 is 2. The molecule has 0 amide bonds. The van der Waals surface area contributed by atoms with E-state index in [1.165, 1.54) is 12.1 Å². The van der Waals surface area contributed by atoms with Gasteiger partial charge < -0.3 is 14.8 Å². The number of aliphatic imine (C=N–C) groups is 1. The average Bonchev–Trinajstić information content (AvgIpc) is 2.76. The standard InChI is InChI=1S/C23H27FN2O3/c1-28-21-12-9-16(13-22(21)29-2)15-25-23-8-4-7-19(26-23)10-11-20(27)17-5-3-6-18(24)14-17/h3,5-6,9,12-14,19H,4,7-8,10-11,15H2,1-2H3,(H,25,26). The van der Waals surface area contributed by atoms with Gasteiger partial charge in [0.15, 0.2) is 17.3 Å². The molecule has 29 heavy (non-hydrogen) atoms. The van der Waals surface area contributed by atoms with E-state index in [0.717, 1.165) is 30.7 Å². The summed E-state index contributed by atoms with van der Waals surface area (Å²) in [4.78, 5) is 17.0. The van der Waals surface area contributed by atoms with E-state index >= 15 is 0 Å². The van der Waals surface area contributed by atoms with E-state index in [9.17, 15) is 9.18 Å². The summed E-state index contributed by atoms with van der Waals surface area (Å²) in [6.07, 6.45) is 4.05. The Morgan fingerprint density at radius 3 is 2.76 bits per heavy atom. The van der Waals surface area contributed by atoms with Gasteiger partial charge in [0.05, 0.1) is 26.6 Å². The Labute approximate surface area is 170 Å². The maximum absolute atomic E-state index is 13.3. The summed E-state index contributed by atoms with van der Waals surface area (Å²) in [5.41, 5.74) is 1.48. The van der Waals surface area contributed by atoms with Crippen LogP contribution in [0.2, 0.25) is 0 Å². The van der Waals surface area contributed by atoms with Crippen molar-refractivity contribution in [2.24, 2.45) is 4.99 Å². The lowest BCUT2D eigenvalue weighted by Crippen LogP contribution is -2.39. The van der Waals surface area contributed by atoms with Crippen molar-refractivity contribution in [3.8, 4) is 11.5 Å². The van der Waals surface area contributed by atoms with Crippen LogP contribution in [-0.2, 0) is 6.54 Å². The number of Topliss-reactive ketones (excluding diaryl/α,β-unsaturated/α-hetero) is 1. The van der Waals surface area contributed by atoms with Gasteiger partial charge in [0.2, 0.25) is 0 Å². The van der Waals surface area contributed by atoms with E-state index in [-0.39, 0.29) is 17.6 Å². The molecule has 0 aliphatic carbocycles. The van der Waals surface area contributed by atoms with Crippen LogP contribution in [0, 0.1) is 5.82 Å². The highest BCUT2D eigenvalue weighted by Crippen LogP contribution is 2.28. The maximum Gasteiger partial charge on any atom is 0.163 e. The molecule has 1 fully saturated rings. The number of nitrogens with zero attached hydrogens (tertiary/aromatic N) is 1. The van der Waals surface area contributed by atoms with Gasteiger partial charge in [-0.1, -0.05) is 18.2 Å². The first-order valence-corrected chi connectivity index (χ1v) is 9.88. The number of benzene rings is 2. The van der Waals surface area contributed by atoms with Crippen LogP contribution in [0.1, 0.15) is 48.0 Å². The molecule has 1 saturated heterocycles. The lowest BCUT2D eigenvalue weighted by atomic mass is 9.97. The zero-order valence-corrected chi connectivity index (χ0v) is 16.9. The molecule has 0 saturated carbocycles. The smallest absolute Gasteiger partial charge is 0.163 e. The first-order valence-electron chi connectivity index (χ1n) is 9.88. The summed E-state index contributed by atoms with van der Waals surface area (Å²) in [5.74, 6) is 1.95. The molecule has 154 valence electrons. The number of amidine groups is 1. The third kappa shape index (κ3) is 5.79. The largest absolute Gasteiger partial charge is 0.493 e. The number of rotatable bonds is 8. The highest BCUT2D eigenvalue weighted by molar-refractivity contribution is 5.96. The summed E-state index contributed by atoms with van der Waals surface area (Å²) in [5, 5.41) is 3.46. The molecule has 1 aliphatic rings. The summed E-state index contributed by atoms with van der Waals surface area (Å²) in [6.45, 7) is 0.553. The molecule has 3 rings (SSSR count). The molecular weight excluding hydrogens is 371 g/mol. The van der Waals surface area contributed by atoms with Crippen LogP contribution in [0.5, 0.6) is 11.5 Å². The molecular formula is C23H27FN2O3. The fourth-order valence-electron chi connectivity index (χ4n) is 3.51. The predicted molar refractivity (Wildman–Crippen MR) is 111 cm³/mol. The van der Waals surface area contributed by atoms with Gasteiger partial charge in [-0.3, -0.25) is 9.79 Å². The van der Waals surface area contributed by atoms with Gasteiger partial charge in [-0.2, -0.15) is 0 Å². The molecule has 1 unspecified atom stereocenters. The second-order valence-electron chi connectivity index (χ2n) is 7.16. The maximum atomic E-state index is 13.3. The highest BCUT2D eigenvalue weighted by atomic mass is 19.1. The molecule has 0 aromatic heterocycles. The molecule has 1 heterocycles. The number of carbonyl (C=O) groups is 1. The van der Waals surface area contributed by atoms with E-state index in [2.05, 4.69) is 5.32 Å². The summed E-state index contributed by atoms with van der Waals surface area (Å²) < 4.78 is 23.9. The number of hydrogen-bond acceptors (Lipinski definition) is 4. The first kappa shape index (κ1) is 20.8. The summed E-state index contributed by atoms with van der Waals surface area (Å²) >= 11 is 0. The van der Waals surface area contributed by atoms with Crippen molar-refractivity contribution in [1.82, 2.24) is 5.32 Å². The second-order valence-corrected chi connectivity index (χ2v) is 7.16. The monoisotopic (exact) mass is 398 g/mol. The van der Waals surface area contributed by atoms with Crippen molar-refractivity contribution in [3.05, 3.63) is 59.4 Å². The van der Waals surface area contributed by atoms with Crippen LogP contribution in [0.15, 0.2) is 47.5 Å². The van der Waals surface area contributed by atoms with Crippen molar-refractivity contribution >= 4 is 11.6 Å². The fourth-order valence-corrected chi connectivity index (χ4v) is 3.51. The van der Waals surface area contributed by atoms with Gasteiger partial charge >= 0.3 is 0 Å². The minimum Gasteiger partial charge on any atom is -0.493 e. The normalized spacial score (nSPS) is 17.6. The van der Waals surface area contributed by atoms with Gasteiger partial charge in [-0.15, -0.1) is 0 Å². The molecule has 5 nitrogen and oxygen atoms in total. The first-order chi connectivity index (χ1) is 14.1. The molecule has 1 N–H and O–H groups in total. The fraction of sp³-hybridized carbons (Fsp3) is 0.391. The van der Waals surface area contributed by atoms with Crippen LogP contribution in [0.4, 0.5) is 4.39 Å². The number of ether oxygens (including phenoxy) is 2. The number of hydrogen-bond donors (Lipinski definition) is 1. The van der Waals surface area contributed by atoms with Crippen LogP contribution >= 0.6 is 0 Å². The SMILES string of the molecule is COc1ccc(CN=C2CCCC(CCC(=O)c3cccc(F)c3)N2)cc1OC. The Balaban J connectivity index is 1.54. The minimum atomic E-state index is -0.378. The third-order valence-electron chi connectivity index (χ3n) is 5.10. The number of nitrogens with one attached hydrogen (secondary N) is 1. The Morgan fingerprint density at radius 1 is 1.17 bits per heavy atom. The van der Waals surface area contributed by atoms with Gasteiger partial charge in [-0.05, 0) is 49.1 Å². The Morgan fingerprint density at radius 2 is 2.00 bits per heavy atom. The van der Waals surface area contributed by atoms with Crippen LogP contribution in [0.25, 0.3) is 0 Å². The van der Waals surface area contributed by atoms with Crippen molar-refractivity contribution in [1.29, 1.82) is 0 Å². The topological polar surface area (TPSA) is 59.9 Å². The molecule has 0 bridgehead atoms. The Bertz CT molecular complexity index is 882. The summed E-state index contributed by atoms with van der Waals surface area (Å²) in [7, 11) is 3.23. The van der Waals surface area contributed by atoms with E-state index in [1.54, 1.807) is 26.4 Å². The third-order valence-corrected chi connectivity index (χ3v) is 5.10. The Hall–Kier alpha value is -2.89. The Kier molecular flexibility index (Phi) is 7.22. The minimum absolute atomic E-state index is 0.0271. The quantitative estimate of drug-likeness (QED) is 0.663. The number of halogens is 1. The van der Waals surface area contributed by atoms with Gasteiger partial charge in [0.25, 0.3) is 0 Å². The van der Waals surface area contributed by atoms with Crippen molar-refractivity contribution in [2.45, 2.75) is 44.7 Å². The van der Waals surface area contributed by atoms with Crippen LogP contribution in [0.3, 0.4) is 0 Å². The van der Waals surface area contributed by atoms with E-state index in [0.29, 0.717) is 36.4 Å². The van der Waals surface area contributed by atoms with Crippen LogP contribution in [-0.4, -0.2) is 31.9 Å². The van der Waals surface area contributed by atoms with Gasteiger partial charge in [-0.25, -0.2) is 4.39 Å². The predicted octanol–water partition coefficient (Wildman–Crippen LogP) is 4.55. The van der Waals surface area contributed by atoms with Gasteiger partial charge in [0, 0.05) is 24.4 Å². The van der Waals surface area contributed by atoms with Gasteiger partial charge in [0.1, 0.15) is 5.82 Å². The molecule has 6 heteroatoms. The molecule has 0 spiro atoms. The van der Waals surface area contributed by atoms with Crippen molar-refractivity contribution in [2.75, 3.05) is 14.2 Å².